The number of benzene rings is 2. The van der Waals surface area contributed by atoms with E-state index in [0.717, 1.165) is 12.1 Å². The number of carbonyl (C=O) groups excluding carboxylic acids is 1. The summed E-state index contributed by atoms with van der Waals surface area (Å²) in [5.74, 6) is -3.76. The maximum atomic E-state index is 15.4. The van der Waals surface area contributed by atoms with E-state index in [1.54, 1.807) is 17.1 Å². The van der Waals surface area contributed by atoms with Crippen molar-refractivity contribution in [1.29, 1.82) is 0 Å². The number of aromatic nitrogens is 1. The molecule has 13 heteroatoms. The van der Waals surface area contributed by atoms with Gasteiger partial charge in [-0.25, -0.2) is 8.78 Å². The van der Waals surface area contributed by atoms with Gasteiger partial charge in [-0.05, 0) is 17.7 Å². The number of aromatic hydroxyl groups is 1. The normalized spacial score (nSPS) is 22.8. The molecular formula is C26H20F4N4O5. The Morgan fingerprint density at radius 3 is 2.69 bits per heavy atom. The van der Waals surface area contributed by atoms with Gasteiger partial charge < -0.3 is 24.4 Å². The summed E-state index contributed by atoms with van der Waals surface area (Å²) < 4.78 is 73.0. The van der Waals surface area contributed by atoms with Gasteiger partial charge in [0.2, 0.25) is 5.43 Å². The molecule has 0 unspecified atom stereocenters. The van der Waals surface area contributed by atoms with Crippen molar-refractivity contribution in [3.63, 3.8) is 0 Å². The van der Waals surface area contributed by atoms with Crippen LogP contribution < -0.4 is 20.1 Å². The van der Waals surface area contributed by atoms with Gasteiger partial charge in [-0.1, -0.05) is 18.2 Å². The Morgan fingerprint density at radius 1 is 1.05 bits per heavy atom. The predicted molar refractivity (Wildman–Crippen MR) is 127 cm³/mol. The number of fused-ring (bicyclic) bond motifs is 3. The van der Waals surface area contributed by atoms with Crippen LogP contribution >= 0.6 is 0 Å². The van der Waals surface area contributed by atoms with Gasteiger partial charge in [0, 0.05) is 29.9 Å². The smallest absolute Gasteiger partial charge is 0.359 e. The summed E-state index contributed by atoms with van der Waals surface area (Å²) in [4.78, 5) is 27.9. The van der Waals surface area contributed by atoms with Crippen LogP contribution in [-0.2, 0) is 11.3 Å². The van der Waals surface area contributed by atoms with E-state index in [4.69, 9.17) is 9.47 Å². The zero-order valence-electron chi connectivity index (χ0n) is 20.1. The number of para-hydroxylation sites is 1. The predicted octanol–water partition coefficient (Wildman–Crippen LogP) is 2.68. The van der Waals surface area contributed by atoms with Gasteiger partial charge in [0.15, 0.2) is 29.7 Å². The first-order valence-corrected chi connectivity index (χ1v) is 12.2. The minimum atomic E-state index is -3.55. The SMILES string of the molecule is O=C1c2c(O)c(=O)ccn2N([C@H]2c3ccc(F)c(F)c3CN3c4c(cccc42)OCC3(F)F)[C@@H]2COCCN12. The molecule has 1 N–H and O–H groups in total. The second-order valence-electron chi connectivity index (χ2n) is 9.72. The van der Waals surface area contributed by atoms with E-state index in [2.05, 4.69) is 0 Å². The van der Waals surface area contributed by atoms with E-state index in [0.29, 0.717) is 4.90 Å². The lowest BCUT2D eigenvalue weighted by Crippen LogP contribution is -2.66. The Balaban J connectivity index is 1.57. The fourth-order valence-corrected chi connectivity index (χ4v) is 5.93. The molecule has 202 valence electrons. The molecule has 2 aromatic carbocycles. The van der Waals surface area contributed by atoms with E-state index in [-0.39, 0.29) is 53.6 Å². The van der Waals surface area contributed by atoms with Crippen molar-refractivity contribution >= 4 is 11.6 Å². The third-order valence-electron chi connectivity index (χ3n) is 7.67. The monoisotopic (exact) mass is 544 g/mol. The summed E-state index contributed by atoms with van der Waals surface area (Å²) in [6.45, 7) is -1.36. The summed E-state index contributed by atoms with van der Waals surface area (Å²) >= 11 is 0. The molecule has 9 nitrogen and oxygen atoms in total. The van der Waals surface area contributed by atoms with Crippen LogP contribution in [0.1, 0.15) is 33.2 Å². The second-order valence-corrected chi connectivity index (χ2v) is 9.72. The number of morpholine rings is 1. The number of halogens is 4. The number of anilines is 1. The van der Waals surface area contributed by atoms with Crippen LogP contribution in [0.2, 0.25) is 0 Å². The number of hydrogen-bond acceptors (Lipinski definition) is 7. The molecule has 39 heavy (non-hydrogen) atoms. The lowest BCUT2D eigenvalue weighted by Gasteiger charge is -2.51. The number of nitrogens with zero attached hydrogens (tertiary/aromatic N) is 4. The van der Waals surface area contributed by atoms with Crippen LogP contribution in [0.3, 0.4) is 0 Å². The number of ether oxygens (including phenoxy) is 2. The first kappa shape index (κ1) is 23.8. The van der Waals surface area contributed by atoms with Gasteiger partial charge in [0.05, 0.1) is 25.4 Å². The summed E-state index contributed by atoms with van der Waals surface area (Å²) in [6.07, 6.45) is 0.434. The van der Waals surface area contributed by atoms with Gasteiger partial charge in [0.25, 0.3) is 5.91 Å². The molecule has 0 bridgehead atoms. The highest BCUT2D eigenvalue weighted by atomic mass is 19.3. The lowest BCUT2D eigenvalue weighted by atomic mass is 9.92. The zero-order chi connectivity index (χ0) is 27.2. The Bertz CT molecular complexity index is 1610. The van der Waals surface area contributed by atoms with Crippen LogP contribution in [0.5, 0.6) is 11.5 Å². The molecule has 7 rings (SSSR count). The highest BCUT2D eigenvalue weighted by molar-refractivity contribution is 5.96. The molecule has 0 saturated carbocycles. The minimum Gasteiger partial charge on any atom is -0.502 e. The quantitative estimate of drug-likeness (QED) is 0.373. The number of pyridine rings is 1. The van der Waals surface area contributed by atoms with Crippen molar-refractivity contribution in [2.24, 2.45) is 0 Å². The fourth-order valence-electron chi connectivity index (χ4n) is 5.93. The van der Waals surface area contributed by atoms with E-state index >= 15 is 13.2 Å². The molecule has 0 spiro atoms. The molecule has 5 heterocycles. The number of carbonyl (C=O) groups is 1. The molecule has 3 aromatic rings. The van der Waals surface area contributed by atoms with E-state index in [9.17, 15) is 19.1 Å². The van der Waals surface area contributed by atoms with Gasteiger partial charge in [-0.3, -0.25) is 19.3 Å². The summed E-state index contributed by atoms with van der Waals surface area (Å²) in [5, 5.41) is 12.2. The van der Waals surface area contributed by atoms with E-state index in [1.807, 2.05) is 0 Å². The first-order valence-electron chi connectivity index (χ1n) is 12.2. The highest BCUT2D eigenvalue weighted by Crippen LogP contribution is 2.51. The molecule has 4 aliphatic heterocycles. The fraction of sp³-hybridized carbons (Fsp3) is 0.308. The molecule has 1 saturated heterocycles. The molecule has 1 fully saturated rings. The zero-order valence-corrected chi connectivity index (χ0v) is 20.1. The van der Waals surface area contributed by atoms with Gasteiger partial charge in [-0.2, -0.15) is 8.78 Å². The largest absolute Gasteiger partial charge is 0.502 e. The first-order chi connectivity index (χ1) is 18.7. The Hall–Kier alpha value is -4.26. The van der Waals surface area contributed by atoms with Crippen LogP contribution in [0.15, 0.2) is 47.4 Å². The molecule has 0 radical (unpaired) electrons. The maximum absolute atomic E-state index is 15.4. The molecule has 4 aliphatic rings. The maximum Gasteiger partial charge on any atom is 0.359 e. The third kappa shape index (κ3) is 3.22. The van der Waals surface area contributed by atoms with Gasteiger partial charge in [-0.15, -0.1) is 0 Å². The standard InChI is InChI=1S/C26H20F4N4O5/c27-16-5-4-13-15(20(16)28)10-32-22-14(2-1-3-18(22)39-12-26(32,29)30)21(13)34-19-11-38-9-8-31(19)25(37)23-24(36)17(35)6-7-33(23)34/h1-7,19,21,36H,8-12H2/t19-,21+/m1/s1. The van der Waals surface area contributed by atoms with Crippen LogP contribution in [-0.4, -0.2) is 59.2 Å². The Kier molecular flexibility index (Phi) is 4.96. The average molecular weight is 544 g/mol. The molecule has 2 atom stereocenters. The average Bonchev–Trinajstić information content (AvgIpc) is 3.07. The second kappa shape index (κ2) is 8.12. The molecular weight excluding hydrogens is 524 g/mol. The van der Waals surface area contributed by atoms with Crippen molar-refractivity contribution in [3.8, 4) is 11.5 Å². The topological polar surface area (TPSA) is 87.5 Å². The van der Waals surface area contributed by atoms with Crippen molar-refractivity contribution in [2.75, 3.05) is 36.3 Å². The number of hydrogen-bond donors (Lipinski definition) is 1. The minimum absolute atomic E-state index is 0.0123. The highest BCUT2D eigenvalue weighted by Gasteiger charge is 2.51. The van der Waals surface area contributed by atoms with Gasteiger partial charge >= 0.3 is 6.05 Å². The van der Waals surface area contributed by atoms with Crippen molar-refractivity contribution in [3.05, 3.63) is 86.8 Å². The molecule has 1 aromatic heterocycles. The Labute approximate surface area is 217 Å². The number of rotatable bonds is 1. The van der Waals surface area contributed by atoms with Crippen LogP contribution in [0.25, 0.3) is 0 Å². The third-order valence-corrected chi connectivity index (χ3v) is 7.67. The van der Waals surface area contributed by atoms with Crippen molar-refractivity contribution < 1.29 is 36.9 Å². The molecule has 0 aliphatic carbocycles. The van der Waals surface area contributed by atoms with E-state index < -0.39 is 60.1 Å². The number of amides is 1. The van der Waals surface area contributed by atoms with Crippen molar-refractivity contribution in [1.82, 2.24) is 9.58 Å². The lowest BCUT2D eigenvalue weighted by molar-refractivity contribution is -0.0541. The Morgan fingerprint density at radius 2 is 1.87 bits per heavy atom. The summed E-state index contributed by atoms with van der Waals surface area (Å²) in [5.41, 5.74) is -1.00. The number of alkyl halides is 2. The van der Waals surface area contributed by atoms with Crippen molar-refractivity contribution in [2.45, 2.75) is 24.8 Å². The van der Waals surface area contributed by atoms with Crippen LogP contribution in [0, 0.1) is 11.6 Å². The molecule has 1 amide bonds. The summed E-state index contributed by atoms with van der Waals surface area (Å²) in [6, 6.07) is 3.33. The van der Waals surface area contributed by atoms with Crippen LogP contribution in [0.4, 0.5) is 23.2 Å². The van der Waals surface area contributed by atoms with Gasteiger partial charge in [0.1, 0.15) is 18.0 Å². The van der Waals surface area contributed by atoms with E-state index in [1.165, 1.54) is 27.9 Å². The summed E-state index contributed by atoms with van der Waals surface area (Å²) in [7, 11) is 0.